The molecule has 0 saturated heterocycles. The van der Waals surface area contributed by atoms with E-state index in [0.29, 0.717) is 12.8 Å². The van der Waals surface area contributed by atoms with Crippen molar-refractivity contribution in [1.29, 1.82) is 0 Å². The number of rotatable bonds is 14. The number of nitrogens with zero attached hydrogens (tertiary/aromatic N) is 2. The molecule has 0 aromatic carbocycles. The lowest BCUT2D eigenvalue weighted by Gasteiger charge is -2.02. The van der Waals surface area contributed by atoms with Gasteiger partial charge in [0.25, 0.3) is 18.1 Å². The maximum atomic E-state index is 11.9. The van der Waals surface area contributed by atoms with Crippen LogP contribution in [0.2, 0.25) is 0 Å². The van der Waals surface area contributed by atoms with Crippen LogP contribution in [0.1, 0.15) is 90.9 Å². The molecule has 0 bridgehead atoms. The normalized spacial score (nSPS) is 10.9. The van der Waals surface area contributed by atoms with E-state index in [-0.39, 0.29) is 11.8 Å². The van der Waals surface area contributed by atoms with Crippen molar-refractivity contribution in [1.82, 2.24) is 4.68 Å². The molecule has 11 heteroatoms. The summed E-state index contributed by atoms with van der Waals surface area (Å²) in [5.74, 6) is -0.00354. The molecule has 0 saturated carbocycles. The zero-order chi connectivity index (χ0) is 22.8. The molecule has 0 unspecified atom stereocenters. The van der Waals surface area contributed by atoms with Crippen LogP contribution in [0.3, 0.4) is 0 Å². The average Bonchev–Trinajstić information content (AvgIpc) is 3.06. The highest BCUT2D eigenvalue weighted by atomic mass is 19.5. The van der Waals surface area contributed by atoms with Gasteiger partial charge in [-0.3, -0.25) is 9.59 Å². The van der Waals surface area contributed by atoms with Gasteiger partial charge in [-0.05, 0) is 12.8 Å². The molecule has 1 heterocycles. The predicted octanol–water partition coefficient (Wildman–Crippen LogP) is 4.94. The number of hydrogen-bond acceptors (Lipinski definition) is 2. The van der Waals surface area contributed by atoms with Gasteiger partial charge in [0.2, 0.25) is 0 Å². The third kappa shape index (κ3) is 19.3. The highest BCUT2D eigenvalue weighted by molar-refractivity contribution is 6.50. The molecule has 0 radical (unpaired) electrons. The van der Waals surface area contributed by atoms with Gasteiger partial charge in [0.15, 0.2) is 12.4 Å². The second-order valence-electron chi connectivity index (χ2n) is 7.12. The quantitative estimate of drug-likeness (QED) is 0.187. The topological polar surface area (TPSA) is 67.0 Å². The van der Waals surface area contributed by atoms with Gasteiger partial charge in [-0.1, -0.05) is 65.2 Å². The largest absolute Gasteiger partial charge is 0.673 e. The number of aromatic nitrogens is 2. The summed E-state index contributed by atoms with van der Waals surface area (Å²) in [5.41, 5.74) is 5.58. The number of hydrogen-bond donors (Lipinski definition) is 2. The summed E-state index contributed by atoms with van der Waals surface area (Å²) < 4.78 is 42.2. The summed E-state index contributed by atoms with van der Waals surface area (Å²) in [6.07, 6.45) is 17.6. The fraction of sp³-hybridized carbons (Fsp3) is 0.737. The van der Waals surface area contributed by atoms with Gasteiger partial charge in [-0.15, -0.1) is 9.35 Å². The lowest BCUT2D eigenvalue weighted by atomic mass is 10.1. The number of carbonyl (C=O) groups excluding carboxylic acids is 2. The first kappa shape index (κ1) is 27.9. The summed E-state index contributed by atoms with van der Waals surface area (Å²) in [5, 5.41) is 0. The second-order valence-corrected chi connectivity index (χ2v) is 7.12. The molecule has 2 N–H and O–H groups in total. The fourth-order valence-electron chi connectivity index (χ4n) is 2.66. The summed E-state index contributed by atoms with van der Waals surface area (Å²) >= 11 is 0. The summed E-state index contributed by atoms with van der Waals surface area (Å²) in [4.78, 5) is 23.7. The molecule has 1 rings (SSSR count). The Kier molecular flexibility index (Phi) is 15.6. The number of halogens is 4. The molecule has 0 aliphatic carbocycles. The Balaban J connectivity index is 0.00000150. The van der Waals surface area contributed by atoms with Crippen molar-refractivity contribution in [3.8, 4) is 0 Å². The first-order valence-electron chi connectivity index (χ1n) is 10.7. The van der Waals surface area contributed by atoms with Gasteiger partial charge in [0, 0.05) is 12.8 Å². The molecular formula is C19H35BF4N4O2. The molecular weight excluding hydrogens is 403 g/mol. The van der Waals surface area contributed by atoms with E-state index in [2.05, 4.69) is 24.7 Å². The van der Waals surface area contributed by atoms with Gasteiger partial charge >= 0.3 is 7.25 Å². The zero-order valence-electron chi connectivity index (χ0n) is 18.0. The van der Waals surface area contributed by atoms with E-state index >= 15 is 0 Å². The monoisotopic (exact) mass is 438 g/mol. The summed E-state index contributed by atoms with van der Waals surface area (Å²) in [6.45, 7) is 4.33. The average molecular weight is 438 g/mol. The first-order chi connectivity index (χ1) is 14.2. The first-order valence-corrected chi connectivity index (χ1v) is 10.7. The van der Waals surface area contributed by atoms with Crippen LogP contribution in [0.25, 0.3) is 0 Å². The van der Waals surface area contributed by atoms with E-state index in [1.54, 1.807) is 28.1 Å². The molecule has 30 heavy (non-hydrogen) atoms. The van der Waals surface area contributed by atoms with Crippen molar-refractivity contribution in [3.63, 3.8) is 0 Å². The van der Waals surface area contributed by atoms with Crippen molar-refractivity contribution in [2.75, 3.05) is 10.9 Å². The van der Waals surface area contributed by atoms with Crippen LogP contribution in [0.4, 0.5) is 17.3 Å². The van der Waals surface area contributed by atoms with Crippen LogP contribution in [0, 0.1) is 0 Å². The van der Waals surface area contributed by atoms with Crippen molar-refractivity contribution in [2.45, 2.75) is 90.9 Å². The molecule has 0 aliphatic heterocycles. The molecule has 174 valence electrons. The van der Waals surface area contributed by atoms with Gasteiger partial charge in [0.1, 0.15) is 0 Å². The van der Waals surface area contributed by atoms with E-state index < -0.39 is 7.25 Å². The molecule has 2 amide bonds. The van der Waals surface area contributed by atoms with Crippen molar-refractivity contribution < 1.29 is 31.5 Å². The lowest BCUT2D eigenvalue weighted by molar-refractivity contribution is -0.641. The van der Waals surface area contributed by atoms with Crippen LogP contribution >= 0.6 is 0 Å². The van der Waals surface area contributed by atoms with Crippen molar-refractivity contribution >= 4 is 19.1 Å². The van der Waals surface area contributed by atoms with Crippen LogP contribution in [-0.2, 0) is 9.59 Å². The maximum Gasteiger partial charge on any atom is 0.673 e. The van der Waals surface area contributed by atoms with Crippen molar-refractivity contribution in [2.24, 2.45) is 0 Å². The predicted molar refractivity (Wildman–Crippen MR) is 110 cm³/mol. The number of nitrogens with one attached hydrogen (secondary N) is 2. The zero-order valence-corrected chi connectivity index (χ0v) is 18.0. The van der Waals surface area contributed by atoms with E-state index in [4.69, 9.17) is 0 Å². The number of unbranched alkanes of at least 4 members (excludes halogenated alkanes) is 8. The van der Waals surface area contributed by atoms with E-state index in [9.17, 15) is 26.9 Å². The van der Waals surface area contributed by atoms with Crippen LogP contribution < -0.4 is 15.5 Å². The Morgan fingerprint density at radius 2 is 1.30 bits per heavy atom. The molecule has 1 aromatic rings. The second kappa shape index (κ2) is 16.7. The number of amides is 2. The Bertz CT molecular complexity index is 591. The smallest absolute Gasteiger partial charge is 0.418 e. The lowest BCUT2D eigenvalue weighted by Crippen LogP contribution is -2.47. The molecule has 0 atom stereocenters. The molecule has 1 aromatic heterocycles. The highest BCUT2D eigenvalue weighted by Gasteiger charge is 2.20. The minimum Gasteiger partial charge on any atom is -0.418 e. The summed E-state index contributed by atoms with van der Waals surface area (Å²) in [7, 11) is -6.00. The van der Waals surface area contributed by atoms with Crippen LogP contribution in [0.15, 0.2) is 18.7 Å². The molecule has 0 fully saturated rings. The number of carbonyl (C=O) groups is 2. The van der Waals surface area contributed by atoms with Gasteiger partial charge in [-0.2, -0.15) is 10.9 Å². The Morgan fingerprint density at radius 3 is 1.90 bits per heavy atom. The fourth-order valence-corrected chi connectivity index (χ4v) is 2.66. The van der Waals surface area contributed by atoms with Crippen molar-refractivity contribution in [3.05, 3.63) is 18.7 Å². The third-order valence-corrected chi connectivity index (χ3v) is 4.16. The van der Waals surface area contributed by atoms with Crippen LogP contribution in [-0.4, -0.2) is 23.7 Å². The van der Waals surface area contributed by atoms with E-state index in [0.717, 1.165) is 32.1 Å². The van der Waals surface area contributed by atoms with Gasteiger partial charge in [-0.25, -0.2) is 0 Å². The Morgan fingerprint density at radius 1 is 0.833 bits per heavy atom. The highest BCUT2D eigenvalue weighted by Crippen LogP contribution is 2.08. The van der Waals surface area contributed by atoms with Crippen LogP contribution in [0.5, 0.6) is 0 Å². The minimum atomic E-state index is -6.00. The Labute approximate surface area is 176 Å². The standard InChI is InChI=1S/C19H34N4O2.BF4/c1-3-5-7-8-9-10-12-14-19(25)21-23-16-15-22(17-23)20-18(24)13-11-6-4-2;2-1(3,4)5/h15-17H,3-14H2,1-2H3,(H-,20,21,24,25);/q;-1/p+1. The van der Waals surface area contributed by atoms with Gasteiger partial charge < -0.3 is 17.3 Å². The molecule has 0 spiro atoms. The maximum absolute atomic E-state index is 11.9. The molecule has 6 nitrogen and oxygen atoms in total. The third-order valence-electron chi connectivity index (χ3n) is 4.16. The Hall–Kier alpha value is -2.07. The van der Waals surface area contributed by atoms with Gasteiger partial charge in [0.05, 0.1) is 0 Å². The van der Waals surface area contributed by atoms with E-state index in [1.165, 1.54) is 32.1 Å². The minimum absolute atomic E-state index is 0.00517. The molecule has 0 aliphatic rings. The number of imidazole rings is 1. The SMILES string of the molecule is CCCCCCCCCC(=O)Nn1cc[n+](NC(=O)CCCCC)c1.F[B-](F)(F)F. The summed E-state index contributed by atoms with van der Waals surface area (Å²) in [6, 6.07) is 0. The van der Waals surface area contributed by atoms with E-state index in [1.807, 2.05) is 0 Å².